The van der Waals surface area contributed by atoms with E-state index in [4.69, 9.17) is 0 Å². The van der Waals surface area contributed by atoms with Gasteiger partial charge in [0.15, 0.2) is 0 Å². The molecule has 2 heterocycles. The molecule has 0 N–H and O–H groups in total. The van der Waals surface area contributed by atoms with Crippen LogP contribution in [0.4, 0.5) is 0 Å². The largest absolute Gasteiger partial charge is 0.343 e. The summed E-state index contributed by atoms with van der Waals surface area (Å²) in [4.78, 5) is 28.1. The summed E-state index contributed by atoms with van der Waals surface area (Å²) < 4.78 is 1.85. The lowest BCUT2D eigenvalue weighted by Crippen LogP contribution is -2.52. The fourth-order valence-corrected chi connectivity index (χ4v) is 3.73. The minimum atomic E-state index is -0.229. The summed E-state index contributed by atoms with van der Waals surface area (Å²) >= 11 is 0. The first-order chi connectivity index (χ1) is 12.2. The molecule has 0 aliphatic carbocycles. The van der Waals surface area contributed by atoms with E-state index >= 15 is 0 Å². The van der Waals surface area contributed by atoms with Gasteiger partial charge in [-0.1, -0.05) is 36.4 Å². The number of amides is 1. The Bertz CT molecular complexity index is 885. The third-order valence-electron chi connectivity index (χ3n) is 5.20. The molecule has 1 saturated heterocycles. The van der Waals surface area contributed by atoms with E-state index in [0.717, 1.165) is 41.3 Å². The third kappa shape index (κ3) is 2.61. The molecule has 0 unspecified atom stereocenters. The second-order valence-corrected chi connectivity index (χ2v) is 6.56. The van der Waals surface area contributed by atoms with Gasteiger partial charge in [0.1, 0.15) is 0 Å². The molecule has 2 aromatic carbocycles. The zero-order valence-corrected chi connectivity index (χ0v) is 14.3. The van der Waals surface area contributed by atoms with Crippen LogP contribution in [0.3, 0.4) is 0 Å². The Morgan fingerprint density at radius 1 is 0.920 bits per heavy atom. The minimum absolute atomic E-state index is 0.0805. The number of rotatable bonds is 3. The van der Waals surface area contributed by atoms with Gasteiger partial charge in [0.25, 0.3) is 0 Å². The topological polar surface area (TPSA) is 45.6 Å². The van der Waals surface area contributed by atoms with Crippen molar-refractivity contribution in [1.82, 2.24) is 14.4 Å². The Morgan fingerprint density at radius 2 is 1.44 bits per heavy atom. The van der Waals surface area contributed by atoms with Gasteiger partial charge in [-0.2, -0.15) is 0 Å². The first-order valence-corrected chi connectivity index (χ1v) is 8.66. The predicted octanol–water partition coefficient (Wildman–Crippen LogP) is 2.60. The standard InChI is InChI=1S/C20H21N3O2/c1-15(22-12-10-21(14-24)11-13-22)20(25)23-18-8-4-2-6-16(18)17-7-3-5-9-19(17)23/h2-9,14-15H,10-13H2,1H3/t15-/m0/s1. The van der Waals surface area contributed by atoms with Crippen LogP contribution in [0.2, 0.25) is 0 Å². The molecule has 0 saturated carbocycles. The molecule has 4 rings (SSSR count). The van der Waals surface area contributed by atoms with Crippen molar-refractivity contribution < 1.29 is 9.59 Å². The van der Waals surface area contributed by atoms with Crippen molar-refractivity contribution in [2.75, 3.05) is 26.2 Å². The number of hydrogen-bond donors (Lipinski definition) is 0. The molecule has 1 atom stereocenters. The average Bonchev–Trinajstić information content (AvgIpc) is 3.01. The van der Waals surface area contributed by atoms with Crippen LogP contribution in [0.15, 0.2) is 48.5 Å². The summed E-state index contributed by atoms with van der Waals surface area (Å²) in [5.74, 6) is 0.0805. The molecule has 25 heavy (non-hydrogen) atoms. The summed E-state index contributed by atoms with van der Waals surface area (Å²) in [6, 6.07) is 15.9. The van der Waals surface area contributed by atoms with Crippen molar-refractivity contribution in [3.05, 3.63) is 48.5 Å². The van der Waals surface area contributed by atoms with E-state index < -0.39 is 0 Å². The molecule has 1 fully saturated rings. The lowest BCUT2D eigenvalue weighted by Gasteiger charge is -2.35. The Labute approximate surface area is 146 Å². The number of fused-ring (bicyclic) bond motifs is 3. The molecular weight excluding hydrogens is 314 g/mol. The molecular formula is C20H21N3O2. The number of benzene rings is 2. The summed E-state index contributed by atoms with van der Waals surface area (Å²) in [5.41, 5.74) is 1.90. The Morgan fingerprint density at radius 3 is 1.96 bits per heavy atom. The molecule has 1 aliphatic rings. The normalized spacial score (nSPS) is 17.1. The molecule has 3 aromatic rings. The first-order valence-electron chi connectivity index (χ1n) is 8.66. The van der Waals surface area contributed by atoms with Crippen molar-refractivity contribution in [2.24, 2.45) is 0 Å². The maximum Gasteiger partial charge on any atom is 0.248 e. The lowest BCUT2D eigenvalue weighted by molar-refractivity contribution is -0.119. The van der Waals surface area contributed by atoms with E-state index in [1.54, 1.807) is 4.90 Å². The van der Waals surface area contributed by atoms with E-state index in [1.165, 1.54) is 0 Å². The second kappa shape index (κ2) is 6.33. The highest BCUT2D eigenvalue weighted by molar-refractivity contribution is 6.13. The van der Waals surface area contributed by atoms with Crippen LogP contribution in [-0.4, -0.2) is 58.9 Å². The van der Waals surface area contributed by atoms with Gasteiger partial charge in [-0.05, 0) is 19.1 Å². The number of carbonyl (C=O) groups is 2. The van der Waals surface area contributed by atoms with Gasteiger partial charge < -0.3 is 4.90 Å². The molecule has 1 aliphatic heterocycles. The van der Waals surface area contributed by atoms with Crippen LogP contribution in [-0.2, 0) is 4.79 Å². The predicted molar refractivity (Wildman–Crippen MR) is 98.7 cm³/mol. The molecule has 128 valence electrons. The zero-order chi connectivity index (χ0) is 17.4. The third-order valence-corrected chi connectivity index (χ3v) is 5.20. The van der Waals surface area contributed by atoms with Gasteiger partial charge in [-0.15, -0.1) is 0 Å². The Hall–Kier alpha value is -2.66. The van der Waals surface area contributed by atoms with E-state index in [1.807, 2.05) is 47.9 Å². The fourth-order valence-electron chi connectivity index (χ4n) is 3.73. The van der Waals surface area contributed by atoms with Crippen LogP contribution in [0, 0.1) is 0 Å². The number of hydrogen-bond acceptors (Lipinski definition) is 3. The van der Waals surface area contributed by atoms with Gasteiger partial charge in [0, 0.05) is 37.0 Å². The van der Waals surface area contributed by atoms with Crippen LogP contribution >= 0.6 is 0 Å². The van der Waals surface area contributed by atoms with Crippen LogP contribution in [0.1, 0.15) is 11.7 Å². The summed E-state index contributed by atoms with van der Waals surface area (Å²) in [6.45, 7) is 4.76. The quantitative estimate of drug-likeness (QED) is 0.691. The molecule has 0 bridgehead atoms. The van der Waals surface area contributed by atoms with Gasteiger partial charge in [0.2, 0.25) is 12.3 Å². The highest BCUT2D eigenvalue weighted by atomic mass is 16.2. The van der Waals surface area contributed by atoms with Crippen molar-refractivity contribution in [2.45, 2.75) is 13.0 Å². The smallest absolute Gasteiger partial charge is 0.248 e. The highest BCUT2D eigenvalue weighted by Gasteiger charge is 2.27. The van der Waals surface area contributed by atoms with Crippen molar-refractivity contribution in [1.29, 1.82) is 0 Å². The van der Waals surface area contributed by atoms with Gasteiger partial charge >= 0.3 is 0 Å². The van der Waals surface area contributed by atoms with Crippen molar-refractivity contribution in [3.63, 3.8) is 0 Å². The average molecular weight is 335 g/mol. The Balaban J connectivity index is 1.73. The number of aromatic nitrogens is 1. The maximum atomic E-state index is 13.3. The number of piperazine rings is 1. The second-order valence-electron chi connectivity index (χ2n) is 6.56. The summed E-state index contributed by atoms with van der Waals surface area (Å²) in [5, 5.41) is 2.20. The maximum absolute atomic E-state index is 13.3. The number of carbonyl (C=O) groups excluding carboxylic acids is 2. The van der Waals surface area contributed by atoms with E-state index in [-0.39, 0.29) is 11.9 Å². The molecule has 5 heteroatoms. The van der Waals surface area contributed by atoms with Crippen LogP contribution in [0.5, 0.6) is 0 Å². The van der Waals surface area contributed by atoms with Crippen molar-refractivity contribution in [3.8, 4) is 0 Å². The SMILES string of the molecule is C[C@@H](C(=O)n1c2ccccc2c2ccccc21)N1CCN(C=O)CC1. The first kappa shape index (κ1) is 15.8. The van der Waals surface area contributed by atoms with E-state index in [0.29, 0.717) is 13.1 Å². The number of para-hydroxylation sites is 2. The van der Waals surface area contributed by atoms with Crippen LogP contribution < -0.4 is 0 Å². The molecule has 1 amide bonds. The highest BCUT2D eigenvalue weighted by Crippen LogP contribution is 2.29. The zero-order valence-electron chi connectivity index (χ0n) is 14.3. The lowest BCUT2D eigenvalue weighted by atomic mass is 10.2. The minimum Gasteiger partial charge on any atom is -0.343 e. The van der Waals surface area contributed by atoms with Crippen molar-refractivity contribution >= 4 is 34.1 Å². The summed E-state index contributed by atoms with van der Waals surface area (Å²) in [7, 11) is 0. The fraction of sp³-hybridized carbons (Fsp3) is 0.300. The molecule has 1 aromatic heterocycles. The van der Waals surface area contributed by atoms with E-state index in [2.05, 4.69) is 17.0 Å². The van der Waals surface area contributed by atoms with E-state index in [9.17, 15) is 9.59 Å². The van der Waals surface area contributed by atoms with Gasteiger partial charge in [-0.3, -0.25) is 19.1 Å². The van der Waals surface area contributed by atoms with Crippen LogP contribution in [0.25, 0.3) is 21.8 Å². The molecule has 0 radical (unpaired) electrons. The van der Waals surface area contributed by atoms with Gasteiger partial charge in [0.05, 0.1) is 17.1 Å². The molecule has 5 nitrogen and oxygen atoms in total. The monoisotopic (exact) mass is 335 g/mol. The Kier molecular flexibility index (Phi) is 4.01. The molecule has 0 spiro atoms. The summed E-state index contributed by atoms with van der Waals surface area (Å²) in [6.07, 6.45) is 0.886. The number of nitrogens with zero attached hydrogens (tertiary/aromatic N) is 3. The van der Waals surface area contributed by atoms with Gasteiger partial charge in [-0.25, -0.2) is 0 Å².